The zero-order chi connectivity index (χ0) is 31.5. The van der Waals surface area contributed by atoms with Gasteiger partial charge in [-0.2, -0.15) is 0 Å². The largest absolute Gasteiger partial charge is 0.208 e. The number of hydrogen-bond acceptors (Lipinski definition) is 3. The van der Waals surface area contributed by atoms with E-state index >= 15 is 0 Å². The molecule has 3 nitrogen and oxygen atoms in total. The molecule has 1 aliphatic carbocycles. The quantitative estimate of drug-likeness (QED) is 0.201. The van der Waals surface area contributed by atoms with Crippen LogP contribution in [0.2, 0.25) is 0 Å². The molecular formula is C44H31N3. The summed E-state index contributed by atoms with van der Waals surface area (Å²) < 4.78 is 0. The van der Waals surface area contributed by atoms with E-state index < -0.39 is 0 Å². The summed E-state index contributed by atoms with van der Waals surface area (Å²) in [7, 11) is 0. The van der Waals surface area contributed by atoms with Crippen molar-refractivity contribution in [3.63, 3.8) is 0 Å². The van der Waals surface area contributed by atoms with Crippen molar-refractivity contribution in [3.8, 4) is 56.4 Å². The number of aromatic nitrogens is 3. The second-order valence-electron chi connectivity index (χ2n) is 12.9. The van der Waals surface area contributed by atoms with Crippen LogP contribution in [0.1, 0.15) is 25.0 Å². The van der Waals surface area contributed by atoms with Gasteiger partial charge in [0.1, 0.15) is 0 Å². The minimum absolute atomic E-state index is 0.110. The highest BCUT2D eigenvalue weighted by atomic mass is 15.0. The third kappa shape index (κ3) is 4.46. The minimum Gasteiger partial charge on any atom is -0.208 e. The van der Waals surface area contributed by atoms with Gasteiger partial charge in [0.2, 0.25) is 0 Å². The van der Waals surface area contributed by atoms with Gasteiger partial charge in [0.25, 0.3) is 0 Å². The molecule has 0 saturated heterocycles. The molecule has 1 aromatic heterocycles. The summed E-state index contributed by atoms with van der Waals surface area (Å²) in [5.41, 5.74) is 10.3. The van der Waals surface area contributed by atoms with Crippen LogP contribution in [0.25, 0.3) is 78.0 Å². The monoisotopic (exact) mass is 601 g/mol. The van der Waals surface area contributed by atoms with E-state index in [2.05, 4.69) is 147 Å². The van der Waals surface area contributed by atoms with Crippen LogP contribution in [0.15, 0.2) is 152 Å². The lowest BCUT2D eigenvalue weighted by Crippen LogP contribution is -2.14. The fraction of sp³-hybridized carbons (Fsp3) is 0.0682. The molecule has 0 N–H and O–H groups in total. The average molecular weight is 602 g/mol. The van der Waals surface area contributed by atoms with Crippen LogP contribution in [0.5, 0.6) is 0 Å². The van der Waals surface area contributed by atoms with Crippen molar-refractivity contribution in [1.82, 2.24) is 15.0 Å². The van der Waals surface area contributed by atoms with Gasteiger partial charge in [0.05, 0.1) is 0 Å². The SMILES string of the molecule is CC1(C)c2ccccc2-c2c(-c3nc(-c4ccccc4)nc(-c4ccc5c(-c6ccc7ccccc7c6)cccc5c4)n3)cccc21. The van der Waals surface area contributed by atoms with Crippen LogP contribution in [0.4, 0.5) is 0 Å². The first-order valence-corrected chi connectivity index (χ1v) is 16.1. The molecule has 1 heterocycles. The smallest absolute Gasteiger partial charge is 0.164 e. The van der Waals surface area contributed by atoms with Crippen molar-refractivity contribution < 1.29 is 0 Å². The average Bonchev–Trinajstić information content (AvgIpc) is 3.37. The highest BCUT2D eigenvalue weighted by Crippen LogP contribution is 2.51. The molecule has 0 bridgehead atoms. The molecular weight excluding hydrogens is 571 g/mol. The Balaban J connectivity index is 1.22. The Kier molecular flexibility index (Phi) is 6.16. The predicted molar refractivity (Wildman–Crippen MR) is 194 cm³/mol. The van der Waals surface area contributed by atoms with Crippen molar-refractivity contribution >= 4 is 21.5 Å². The Hall–Kier alpha value is -5.93. The Morgan fingerprint density at radius 1 is 0.383 bits per heavy atom. The van der Waals surface area contributed by atoms with Gasteiger partial charge in [-0.05, 0) is 67.1 Å². The van der Waals surface area contributed by atoms with Crippen LogP contribution in [0.3, 0.4) is 0 Å². The number of rotatable bonds is 4. The van der Waals surface area contributed by atoms with Crippen molar-refractivity contribution in [1.29, 1.82) is 0 Å². The van der Waals surface area contributed by atoms with Crippen molar-refractivity contribution in [2.24, 2.45) is 0 Å². The summed E-state index contributed by atoms with van der Waals surface area (Å²) in [6.45, 7) is 4.61. The summed E-state index contributed by atoms with van der Waals surface area (Å²) in [6, 6.07) is 53.7. The molecule has 7 aromatic carbocycles. The fourth-order valence-corrected chi connectivity index (χ4v) is 7.31. The Labute approximate surface area is 274 Å². The first-order chi connectivity index (χ1) is 23.0. The second-order valence-corrected chi connectivity index (χ2v) is 12.9. The van der Waals surface area contributed by atoms with Gasteiger partial charge in [-0.3, -0.25) is 0 Å². The molecule has 0 fully saturated rings. The Morgan fingerprint density at radius 2 is 0.979 bits per heavy atom. The Morgan fingerprint density at radius 3 is 1.85 bits per heavy atom. The number of hydrogen-bond donors (Lipinski definition) is 0. The van der Waals surface area contributed by atoms with E-state index in [9.17, 15) is 0 Å². The maximum atomic E-state index is 5.20. The molecule has 0 saturated carbocycles. The molecule has 0 aliphatic heterocycles. The maximum absolute atomic E-state index is 5.20. The summed E-state index contributed by atoms with van der Waals surface area (Å²) >= 11 is 0. The van der Waals surface area contributed by atoms with Crippen LogP contribution >= 0.6 is 0 Å². The van der Waals surface area contributed by atoms with Crippen molar-refractivity contribution in [2.75, 3.05) is 0 Å². The van der Waals surface area contributed by atoms with Crippen molar-refractivity contribution in [2.45, 2.75) is 19.3 Å². The number of benzene rings is 7. The molecule has 0 radical (unpaired) electrons. The first-order valence-electron chi connectivity index (χ1n) is 16.1. The lowest BCUT2D eigenvalue weighted by Gasteiger charge is -2.21. The van der Waals surface area contributed by atoms with Gasteiger partial charge in [0.15, 0.2) is 17.5 Å². The lowest BCUT2D eigenvalue weighted by molar-refractivity contribution is 0.660. The van der Waals surface area contributed by atoms with E-state index in [-0.39, 0.29) is 5.41 Å². The highest BCUT2D eigenvalue weighted by molar-refractivity contribution is 6.00. The van der Waals surface area contributed by atoms with E-state index in [1.54, 1.807) is 0 Å². The van der Waals surface area contributed by atoms with E-state index in [0.29, 0.717) is 17.5 Å². The molecule has 1 aliphatic rings. The summed E-state index contributed by atoms with van der Waals surface area (Å²) in [6.07, 6.45) is 0. The minimum atomic E-state index is -0.110. The fourth-order valence-electron chi connectivity index (χ4n) is 7.31. The second kappa shape index (κ2) is 10.6. The number of nitrogens with zero attached hydrogens (tertiary/aromatic N) is 3. The van der Waals surface area contributed by atoms with Gasteiger partial charge < -0.3 is 0 Å². The highest BCUT2D eigenvalue weighted by Gasteiger charge is 2.37. The third-order valence-electron chi connectivity index (χ3n) is 9.71. The maximum Gasteiger partial charge on any atom is 0.164 e. The van der Waals surface area contributed by atoms with Gasteiger partial charge in [0, 0.05) is 22.1 Å². The molecule has 8 aromatic rings. The van der Waals surface area contributed by atoms with Gasteiger partial charge >= 0.3 is 0 Å². The van der Waals surface area contributed by atoms with Gasteiger partial charge in [-0.25, -0.2) is 15.0 Å². The number of fused-ring (bicyclic) bond motifs is 5. The molecule has 0 amide bonds. The predicted octanol–water partition coefficient (Wildman–Crippen LogP) is 11.2. The van der Waals surface area contributed by atoms with E-state index in [4.69, 9.17) is 15.0 Å². The van der Waals surface area contributed by atoms with E-state index in [1.165, 1.54) is 49.5 Å². The zero-order valence-electron chi connectivity index (χ0n) is 26.3. The van der Waals surface area contributed by atoms with E-state index in [1.807, 2.05) is 18.2 Å². The molecule has 9 rings (SSSR count). The first kappa shape index (κ1) is 27.4. The van der Waals surface area contributed by atoms with E-state index in [0.717, 1.165) is 22.1 Å². The lowest BCUT2D eigenvalue weighted by atomic mass is 9.82. The van der Waals surface area contributed by atoms with Gasteiger partial charge in [-0.15, -0.1) is 0 Å². The molecule has 0 spiro atoms. The summed E-state index contributed by atoms with van der Waals surface area (Å²) in [5.74, 6) is 2.01. The van der Waals surface area contributed by atoms with Crippen LogP contribution in [0, 0.1) is 0 Å². The normalized spacial score (nSPS) is 13.1. The van der Waals surface area contributed by atoms with Crippen LogP contribution in [-0.4, -0.2) is 15.0 Å². The Bertz CT molecular complexity index is 2490. The molecule has 0 atom stereocenters. The van der Waals surface area contributed by atoms with Crippen LogP contribution < -0.4 is 0 Å². The third-order valence-corrected chi connectivity index (χ3v) is 9.71. The molecule has 3 heteroatoms. The van der Waals surface area contributed by atoms with Gasteiger partial charge in [-0.1, -0.05) is 153 Å². The molecule has 222 valence electrons. The summed E-state index contributed by atoms with van der Waals surface area (Å²) in [4.78, 5) is 15.4. The van der Waals surface area contributed by atoms with Crippen LogP contribution in [-0.2, 0) is 5.41 Å². The topological polar surface area (TPSA) is 38.7 Å². The molecule has 47 heavy (non-hydrogen) atoms. The zero-order valence-corrected chi connectivity index (χ0v) is 26.3. The van der Waals surface area contributed by atoms with Crippen molar-refractivity contribution in [3.05, 3.63) is 163 Å². The summed E-state index contributed by atoms with van der Waals surface area (Å²) in [5, 5.41) is 4.83. The molecule has 0 unspecified atom stereocenters. The standard InChI is InChI=1S/C44H31N3/c1-44(2)38-20-9-8-17-36(38)40-37(19-11-21-39(40)44)43-46-41(29-13-4-3-5-14-29)45-42(47-43)33-24-25-35-31(27-33)16-10-18-34(35)32-23-22-28-12-6-7-15-30(28)26-32/h3-27H,1-2H3.